The van der Waals surface area contributed by atoms with Crippen molar-refractivity contribution >= 4 is 62.6 Å². The molecule has 0 saturated heterocycles. The molecule has 0 aliphatic carbocycles. The van der Waals surface area contributed by atoms with Crippen molar-refractivity contribution in [2.24, 2.45) is 11.7 Å². The van der Waals surface area contributed by atoms with Crippen molar-refractivity contribution in [3.8, 4) is 0 Å². The zero-order chi connectivity index (χ0) is 18.8. The lowest BCUT2D eigenvalue weighted by molar-refractivity contribution is -0.140. The highest BCUT2D eigenvalue weighted by Gasteiger charge is 2.19. The number of benzene rings is 1. The van der Waals surface area contributed by atoms with Crippen LogP contribution in [0.15, 0.2) is 29.3 Å². The van der Waals surface area contributed by atoms with Gasteiger partial charge < -0.3 is 16.2 Å². The van der Waals surface area contributed by atoms with Crippen molar-refractivity contribution in [2.45, 2.75) is 11.8 Å². The van der Waals surface area contributed by atoms with Gasteiger partial charge in [0, 0.05) is 23.5 Å². The van der Waals surface area contributed by atoms with Crippen LogP contribution in [0, 0.1) is 11.3 Å². The third-order valence-corrected chi connectivity index (χ3v) is 5.10. The molecule has 0 bridgehead atoms. The van der Waals surface area contributed by atoms with Crippen molar-refractivity contribution in [2.75, 3.05) is 11.9 Å². The van der Waals surface area contributed by atoms with Crippen LogP contribution in [0.5, 0.6) is 0 Å². The third-order valence-electron chi connectivity index (χ3n) is 3.37. The van der Waals surface area contributed by atoms with Crippen LogP contribution >= 0.6 is 24.0 Å². The summed E-state index contributed by atoms with van der Waals surface area (Å²) in [4.78, 5) is 14.7. The lowest BCUT2D eigenvalue weighted by Crippen LogP contribution is -2.31. The number of anilines is 1. The highest BCUT2D eigenvalue weighted by Crippen LogP contribution is 2.29. The van der Waals surface area contributed by atoms with Gasteiger partial charge >= 0.3 is 5.97 Å². The number of hydrogen-bond acceptors (Lipinski definition) is 5. The van der Waals surface area contributed by atoms with Gasteiger partial charge in [0.25, 0.3) is 0 Å². The molecule has 26 heavy (non-hydrogen) atoms. The second-order valence-electron chi connectivity index (χ2n) is 5.29. The number of aliphatic carboxylic acids is 1. The molecule has 9 nitrogen and oxygen atoms in total. The number of carboxylic acids is 1. The molecule has 1 heterocycles. The third kappa shape index (κ3) is 4.94. The number of rotatable bonds is 6. The lowest BCUT2D eigenvalue weighted by atomic mass is 10.1. The van der Waals surface area contributed by atoms with E-state index in [0.29, 0.717) is 15.8 Å². The highest BCUT2D eigenvalue weighted by atomic mass is 35.5. The molecule has 0 aliphatic heterocycles. The number of pyridine rings is 1. The molecular weight excluding hydrogens is 405 g/mol. The number of nitrogens with two attached hydrogens (primary N) is 1. The smallest absolute Gasteiger partial charge is 0.307 e. The number of carbonyl (C=O) groups is 1. The molecule has 1 atom stereocenters. The average Bonchev–Trinajstić information content (AvgIpc) is 2.54. The maximum Gasteiger partial charge on any atom is 0.307 e. The topological polar surface area (TPSA) is 158 Å². The minimum absolute atomic E-state index is 0. The van der Waals surface area contributed by atoms with Gasteiger partial charge in [0.2, 0.25) is 10.0 Å². The SMILES string of the molecule is CC(CNS(=O)(=O)c1ccc2c(Cl)cnc(NC(=N)N)c2c1)C(=O)O.Cl. The molecule has 0 aliphatic rings. The van der Waals surface area contributed by atoms with Gasteiger partial charge in [-0.25, -0.2) is 18.1 Å². The van der Waals surface area contributed by atoms with E-state index in [0.717, 1.165) is 0 Å². The fourth-order valence-corrected chi connectivity index (χ4v) is 3.36. The van der Waals surface area contributed by atoms with Crippen LogP contribution in [0.25, 0.3) is 10.8 Å². The predicted molar refractivity (Wildman–Crippen MR) is 102 cm³/mol. The molecule has 1 unspecified atom stereocenters. The molecule has 0 saturated carbocycles. The van der Waals surface area contributed by atoms with Gasteiger partial charge in [-0.15, -0.1) is 12.4 Å². The zero-order valence-corrected chi connectivity index (χ0v) is 15.9. The molecule has 0 fully saturated rings. The summed E-state index contributed by atoms with van der Waals surface area (Å²) in [7, 11) is -3.94. The second-order valence-corrected chi connectivity index (χ2v) is 7.47. The first-order valence-corrected chi connectivity index (χ1v) is 8.89. The number of nitrogens with one attached hydrogen (secondary N) is 3. The molecule has 2 aromatic rings. The Labute approximate surface area is 160 Å². The van der Waals surface area contributed by atoms with Gasteiger partial charge in [0.05, 0.1) is 15.8 Å². The Morgan fingerprint density at radius 3 is 2.65 bits per heavy atom. The molecule has 12 heteroatoms. The average molecular weight is 422 g/mol. The van der Waals surface area contributed by atoms with Crippen LogP contribution in [0.1, 0.15) is 6.92 Å². The van der Waals surface area contributed by atoms with E-state index in [-0.39, 0.29) is 35.6 Å². The standard InChI is InChI=1S/C14H16ClN5O4S.ClH/c1-7(13(21)22)5-19-25(23,24)8-2-3-9-10(4-8)12(20-14(16)17)18-6-11(9)15;/h2-4,6-7,19H,5H2,1H3,(H,21,22)(H4,16,17,18,20);1H. The van der Waals surface area contributed by atoms with Crippen molar-refractivity contribution in [1.29, 1.82) is 5.41 Å². The summed E-state index contributed by atoms with van der Waals surface area (Å²) in [5.41, 5.74) is 5.30. The van der Waals surface area contributed by atoms with Crippen molar-refractivity contribution in [1.82, 2.24) is 9.71 Å². The summed E-state index contributed by atoms with van der Waals surface area (Å²) in [6, 6.07) is 4.17. The van der Waals surface area contributed by atoms with Crippen LogP contribution < -0.4 is 15.8 Å². The molecule has 1 aromatic carbocycles. The number of halogens is 2. The molecule has 0 amide bonds. The van der Waals surface area contributed by atoms with Crippen LogP contribution in [-0.2, 0) is 14.8 Å². The summed E-state index contributed by atoms with van der Waals surface area (Å²) in [6.45, 7) is 1.14. The number of aromatic nitrogens is 1. The van der Waals surface area contributed by atoms with Gasteiger partial charge in [0.1, 0.15) is 5.82 Å². The minimum Gasteiger partial charge on any atom is -0.481 e. The summed E-state index contributed by atoms with van der Waals surface area (Å²) in [5.74, 6) is -2.16. The van der Waals surface area contributed by atoms with Gasteiger partial charge in [-0.2, -0.15) is 0 Å². The molecule has 6 N–H and O–H groups in total. The van der Waals surface area contributed by atoms with E-state index in [9.17, 15) is 13.2 Å². The Kier molecular flexibility index (Phi) is 7.16. The van der Waals surface area contributed by atoms with E-state index in [1.165, 1.54) is 31.3 Å². The molecule has 1 aromatic heterocycles. The Bertz CT molecular complexity index is 952. The van der Waals surface area contributed by atoms with Crippen LogP contribution in [-0.4, -0.2) is 37.0 Å². The van der Waals surface area contributed by atoms with Crippen molar-refractivity contribution < 1.29 is 18.3 Å². The fourth-order valence-electron chi connectivity index (χ4n) is 1.99. The monoisotopic (exact) mass is 421 g/mol. The number of nitrogens with zero attached hydrogens (tertiary/aromatic N) is 1. The first-order valence-electron chi connectivity index (χ1n) is 7.03. The quantitative estimate of drug-likeness (QED) is 0.349. The summed E-state index contributed by atoms with van der Waals surface area (Å²) in [5, 5.41) is 19.8. The first-order chi connectivity index (χ1) is 11.6. The molecule has 0 radical (unpaired) electrons. The lowest BCUT2D eigenvalue weighted by Gasteiger charge is -2.12. The summed E-state index contributed by atoms with van der Waals surface area (Å²) >= 11 is 6.06. The van der Waals surface area contributed by atoms with Crippen LogP contribution in [0.2, 0.25) is 5.02 Å². The van der Waals surface area contributed by atoms with E-state index < -0.39 is 21.9 Å². The number of guanidine groups is 1. The predicted octanol–water partition coefficient (Wildman–Crippen LogP) is 1.61. The van der Waals surface area contributed by atoms with Gasteiger partial charge in [-0.1, -0.05) is 24.6 Å². The Morgan fingerprint density at radius 2 is 2.08 bits per heavy atom. The van der Waals surface area contributed by atoms with E-state index in [4.69, 9.17) is 27.9 Å². The minimum atomic E-state index is -3.94. The highest BCUT2D eigenvalue weighted by molar-refractivity contribution is 7.89. The first kappa shape index (κ1) is 21.9. The Morgan fingerprint density at radius 1 is 1.42 bits per heavy atom. The fraction of sp³-hybridized carbons (Fsp3) is 0.214. The normalized spacial score (nSPS) is 12.2. The zero-order valence-electron chi connectivity index (χ0n) is 13.5. The Balaban J connectivity index is 0.00000338. The van der Waals surface area contributed by atoms with Gasteiger partial charge in [-0.3, -0.25) is 10.2 Å². The van der Waals surface area contributed by atoms with E-state index >= 15 is 0 Å². The maximum atomic E-state index is 12.4. The molecule has 142 valence electrons. The number of hydrogen-bond donors (Lipinski definition) is 5. The van der Waals surface area contributed by atoms with Gasteiger partial charge in [0.15, 0.2) is 5.96 Å². The number of sulfonamides is 1. The van der Waals surface area contributed by atoms with Crippen molar-refractivity contribution in [3.63, 3.8) is 0 Å². The number of fused-ring (bicyclic) bond motifs is 1. The largest absolute Gasteiger partial charge is 0.481 e. The Hall–Kier alpha value is -2.14. The summed E-state index contributed by atoms with van der Waals surface area (Å²) in [6.07, 6.45) is 1.36. The van der Waals surface area contributed by atoms with E-state index in [2.05, 4.69) is 15.0 Å². The molecular formula is C14H17Cl2N5O4S. The second kappa shape index (κ2) is 8.49. The van der Waals surface area contributed by atoms with E-state index in [1.54, 1.807) is 0 Å². The van der Waals surface area contributed by atoms with Crippen LogP contribution in [0.3, 0.4) is 0 Å². The van der Waals surface area contributed by atoms with Crippen molar-refractivity contribution in [3.05, 3.63) is 29.4 Å². The van der Waals surface area contributed by atoms with Crippen LogP contribution in [0.4, 0.5) is 5.82 Å². The molecule has 2 rings (SSSR count). The summed E-state index contributed by atoms with van der Waals surface area (Å²) < 4.78 is 27.0. The maximum absolute atomic E-state index is 12.4. The van der Waals surface area contributed by atoms with Gasteiger partial charge in [-0.05, 0) is 12.1 Å². The molecule has 0 spiro atoms. The number of carboxylic acid groups (broad SMARTS) is 1. The van der Waals surface area contributed by atoms with E-state index in [1.807, 2.05) is 0 Å².